The standard InChI is InChI=1S/C17H17N3O/c1-11-8-9-14(12(2)10-11)18-17(21)16-13-6-4-5-7-15(13)20(3)19-16/h4-10H,1-3H3,(H,18,21). The Bertz CT molecular complexity index is 833. The van der Waals surface area contributed by atoms with E-state index in [4.69, 9.17) is 0 Å². The van der Waals surface area contributed by atoms with Gasteiger partial charge in [-0.3, -0.25) is 9.48 Å². The monoisotopic (exact) mass is 279 g/mol. The number of anilines is 1. The lowest BCUT2D eigenvalue weighted by Gasteiger charge is -2.08. The fourth-order valence-corrected chi connectivity index (χ4v) is 2.52. The molecule has 0 aliphatic heterocycles. The number of benzene rings is 2. The van der Waals surface area contributed by atoms with Crippen molar-refractivity contribution < 1.29 is 4.79 Å². The molecular weight excluding hydrogens is 262 g/mol. The van der Waals surface area contributed by atoms with Crippen molar-refractivity contribution in [3.05, 3.63) is 59.3 Å². The number of hydrogen-bond donors (Lipinski definition) is 1. The molecule has 0 aliphatic carbocycles. The number of amides is 1. The molecule has 1 heterocycles. The number of rotatable bonds is 2. The molecule has 4 nitrogen and oxygen atoms in total. The van der Waals surface area contributed by atoms with Gasteiger partial charge in [0.2, 0.25) is 0 Å². The molecule has 1 N–H and O–H groups in total. The Kier molecular flexibility index (Phi) is 3.22. The van der Waals surface area contributed by atoms with E-state index < -0.39 is 0 Å². The summed E-state index contributed by atoms with van der Waals surface area (Å²) in [5, 5.41) is 8.15. The Balaban J connectivity index is 1.98. The number of para-hydroxylation sites is 1. The zero-order chi connectivity index (χ0) is 15.0. The zero-order valence-corrected chi connectivity index (χ0v) is 12.3. The summed E-state index contributed by atoms with van der Waals surface area (Å²) in [5.74, 6) is -0.182. The summed E-state index contributed by atoms with van der Waals surface area (Å²) in [5.41, 5.74) is 4.44. The highest BCUT2D eigenvalue weighted by atomic mass is 16.2. The van der Waals surface area contributed by atoms with E-state index >= 15 is 0 Å². The number of nitrogens with one attached hydrogen (secondary N) is 1. The van der Waals surface area contributed by atoms with Gasteiger partial charge < -0.3 is 5.32 Å². The second kappa shape index (κ2) is 5.05. The first-order valence-electron chi connectivity index (χ1n) is 6.86. The van der Waals surface area contributed by atoms with E-state index in [9.17, 15) is 4.79 Å². The molecule has 0 aliphatic rings. The van der Waals surface area contributed by atoms with Gasteiger partial charge in [0.15, 0.2) is 5.69 Å². The minimum absolute atomic E-state index is 0.182. The highest BCUT2D eigenvalue weighted by Gasteiger charge is 2.16. The molecule has 2 aromatic carbocycles. The van der Waals surface area contributed by atoms with Crippen LogP contribution in [0.1, 0.15) is 21.6 Å². The van der Waals surface area contributed by atoms with Gasteiger partial charge in [0.25, 0.3) is 5.91 Å². The molecule has 3 rings (SSSR count). The second-order valence-corrected chi connectivity index (χ2v) is 5.26. The van der Waals surface area contributed by atoms with Crippen LogP contribution in [0.15, 0.2) is 42.5 Å². The lowest BCUT2D eigenvalue weighted by Crippen LogP contribution is -2.14. The van der Waals surface area contributed by atoms with Gasteiger partial charge in [-0.05, 0) is 31.5 Å². The zero-order valence-electron chi connectivity index (χ0n) is 12.3. The number of aromatic nitrogens is 2. The third-order valence-corrected chi connectivity index (χ3v) is 3.60. The predicted octanol–water partition coefficient (Wildman–Crippen LogP) is 3.44. The van der Waals surface area contributed by atoms with E-state index in [1.807, 2.05) is 63.4 Å². The summed E-state index contributed by atoms with van der Waals surface area (Å²) in [7, 11) is 1.84. The van der Waals surface area contributed by atoms with Gasteiger partial charge in [-0.15, -0.1) is 0 Å². The molecule has 4 heteroatoms. The molecule has 0 saturated heterocycles. The lowest BCUT2D eigenvalue weighted by atomic mass is 10.1. The number of carbonyl (C=O) groups is 1. The molecular formula is C17H17N3O. The molecule has 0 unspecified atom stereocenters. The SMILES string of the molecule is Cc1ccc(NC(=O)c2nn(C)c3ccccc23)c(C)c1. The van der Waals surface area contributed by atoms with Crippen LogP contribution in [0.4, 0.5) is 5.69 Å². The highest BCUT2D eigenvalue weighted by Crippen LogP contribution is 2.21. The normalized spacial score (nSPS) is 10.8. The summed E-state index contributed by atoms with van der Waals surface area (Å²) in [6, 6.07) is 13.7. The van der Waals surface area contributed by atoms with E-state index in [1.54, 1.807) is 4.68 Å². The van der Waals surface area contributed by atoms with Crippen LogP contribution in [0, 0.1) is 13.8 Å². The van der Waals surface area contributed by atoms with Crippen LogP contribution in [0.2, 0.25) is 0 Å². The van der Waals surface area contributed by atoms with Gasteiger partial charge in [0.05, 0.1) is 5.52 Å². The number of carbonyl (C=O) groups excluding carboxylic acids is 1. The fourth-order valence-electron chi connectivity index (χ4n) is 2.52. The van der Waals surface area contributed by atoms with Crippen LogP contribution < -0.4 is 5.32 Å². The summed E-state index contributed by atoms with van der Waals surface area (Å²) < 4.78 is 1.73. The topological polar surface area (TPSA) is 46.9 Å². The van der Waals surface area contributed by atoms with Crippen molar-refractivity contribution in [2.45, 2.75) is 13.8 Å². The Hall–Kier alpha value is -2.62. The summed E-state index contributed by atoms with van der Waals surface area (Å²) in [6.45, 7) is 4.02. The van der Waals surface area contributed by atoms with Gasteiger partial charge in [0, 0.05) is 18.1 Å². The molecule has 0 radical (unpaired) electrons. The van der Waals surface area contributed by atoms with Gasteiger partial charge in [-0.2, -0.15) is 5.10 Å². The van der Waals surface area contributed by atoms with Crippen molar-refractivity contribution >= 4 is 22.5 Å². The number of aryl methyl sites for hydroxylation is 3. The number of fused-ring (bicyclic) bond motifs is 1. The van der Waals surface area contributed by atoms with Crippen molar-refractivity contribution in [2.24, 2.45) is 7.05 Å². The van der Waals surface area contributed by atoms with Crippen molar-refractivity contribution in [2.75, 3.05) is 5.32 Å². The van der Waals surface area contributed by atoms with Crippen molar-refractivity contribution in [3.8, 4) is 0 Å². The van der Waals surface area contributed by atoms with Crippen molar-refractivity contribution in [3.63, 3.8) is 0 Å². The van der Waals surface area contributed by atoms with Crippen LogP contribution in [0.25, 0.3) is 10.9 Å². The van der Waals surface area contributed by atoms with Gasteiger partial charge in [0.1, 0.15) is 0 Å². The molecule has 0 fully saturated rings. The average Bonchev–Trinajstić information content (AvgIpc) is 2.80. The summed E-state index contributed by atoms with van der Waals surface area (Å²) in [4.78, 5) is 12.5. The Morgan fingerprint density at radius 1 is 1.14 bits per heavy atom. The van der Waals surface area contributed by atoms with Crippen LogP contribution >= 0.6 is 0 Å². The lowest BCUT2D eigenvalue weighted by molar-refractivity contribution is 0.102. The molecule has 106 valence electrons. The molecule has 3 aromatic rings. The Labute approximate surface area is 123 Å². The van der Waals surface area contributed by atoms with Gasteiger partial charge in [-0.1, -0.05) is 35.9 Å². The first kappa shape index (κ1) is 13.4. The second-order valence-electron chi connectivity index (χ2n) is 5.26. The predicted molar refractivity (Wildman–Crippen MR) is 84.6 cm³/mol. The van der Waals surface area contributed by atoms with E-state index in [0.717, 1.165) is 22.2 Å². The Morgan fingerprint density at radius 2 is 1.90 bits per heavy atom. The molecule has 21 heavy (non-hydrogen) atoms. The van der Waals surface area contributed by atoms with Crippen LogP contribution in [-0.4, -0.2) is 15.7 Å². The number of hydrogen-bond acceptors (Lipinski definition) is 2. The highest BCUT2D eigenvalue weighted by molar-refractivity contribution is 6.11. The maximum absolute atomic E-state index is 12.5. The van der Waals surface area contributed by atoms with Crippen LogP contribution in [-0.2, 0) is 7.05 Å². The first-order chi connectivity index (χ1) is 10.1. The van der Waals surface area contributed by atoms with Gasteiger partial charge in [-0.25, -0.2) is 0 Å². The largest absolute Gasteiger partial charge is 0.320 e. The third kappa shape index (κ3) is 2.40. The first-order valence-corrected chi connectivity index (χ1v) is 6.86. The summed E-state index contributed by atoms with van der Waals surface area (Å²) >= 11 is 0. The molecule has 0 bridgehead atoms. The van der Waals surface area contributed by atoms with Crippen molar-refractivity contribution in [1.29, 1.82) is 0 Å². The number of nitrogens with zero attached hydrogens (tertiary/aromatic N) is 2. The summed E-state index contributed by atoms with van der Waals surface area (Å²) in [6.07, 6.45) is 0. The fraction of sp³-hybridized carbons (Fsp3) is 0.176. The maximum Gasteiger partial charge on any atom is 0.276 e. The molecule has 1 amide bonds. The van der Waals surface area contributed by atoms with E-state index in [2.05, 4.69) is 10.4 Å². The molecule has 0 spiro atoms. The quantitative estimate of drug-likeness (QED) is 0.781. The van der Waals surface area contributed by atoms with E-state index in [0.29, 0.717) is 5.69 Å². The third-order valence-electron chi connectivity index (χ3n) is 3.60. The van der Waals surface area contributed by atoms with Crippen LogP contribution in [0.3, 0.4) is 0 Å². The molecule has 1 aromatic heterocycles. The maximum atomic E-state index is 12.5. The van der Waals surface area contributed by atoms with E-state index in [-0.39, 0.29) is 5.91 Å². The minimum Gasteiger partial charge on any atom is -0.320 e. The smallest absolute Gasteiger partial charge is 0.276 e. The van der Waals surface area contributed by atoms with Gasteiger partial charge >= 0.3 is 0 Å². The minimum atomic E-state index is -0.182. The molecule has 0 saturated carbocycles. The van der Waals surface area contributed by atoms with Crippen molar-refractivity contribution in [1.82, 2.24) is 9.78 Å². The van der Waals surface area contributed by atoms with E-state index in [1.165, 1.54) is 5.56 Å². The van der Waals surface area contributed by atoms with Crippen LogP contribution in [0.5, 0.6) is 0 Å². The average molecular weight is 279 g/mol. The Morgan fingerprint density at radius 3 is 2.67 bits per heavy atom. The molecule has 0 atom stereocenters.